The number of hydrogen-bond donors (Lipinski definition) is 1. The van der Waals surface area contributed by atoms with Gasteiger partial charge in [-0.1, -0.05) is 16.8 Å². The van der Waals surface area contributed by atoms with Crippen LogP contribution in [-0.2, 0) is 14.8 Å². The van der Waals surface area contributed by atoms with Crippen LogP contribution >= 0.6 is 0 Å². The number of carbonyl (C=O) groups excluding carboxylic acids is 1. The van der Waals surface area contributed by atoms with Gasteiger partial charge in [0.1, 0.15) is 17.3 Å². The summed E-state index contributed by atoms with van der Waals surface area (Å²) in [4.78, 5) is 12.5. The lowest BCUT2D eigenvalue weighted by molar-refractivity contribution is -0.126. The predicted molar refractivity (Wildman–Crippen MR) is 132 cm³/mol. The molecule has 1 aliphatic carbocycles. The number of carbonyl (C=O) groups is 1. The van der Waals surface area contributed by atoms with Gasteiger partial charge >= 0.3 is 0 Å². The molecule has 4 rings (SSSR count). The van der Waals surface area contributed by atoms with Crippen LogP contribution in [-0.4, -0.2) is 43.4 Å². The van der Waals surface area contributed by atoms with Gasteiger partial charge in [0.15, 0.2) is 10.7 Å². The van der Waals surface area contributed by atoms with Crippen molar-refractivity contribution in [3.63, 3.8) is 0 Å². The van der Waals surface area contributed by atoms with E-state index in [1.54, 1.807) is 0 Å². The van der Waals surface area contributed by atoms with E-state index in [4.69, 9.17) is 4.52 Å². The van der Waals surface area contributed by atoms with Crippen LogP contribution in [0.2, 0.25) is 0 Å². The second kappa shape index (κ2) is 11.5. The van der Waals surface area contributed by atoms with Gasteiger partial charge in [0, 0.05) is 37.2 Å². The zero-order valence-corrected chi connectivity index (χ0v) is 21.1. The van der Waals surface area contributed by atoms with E-state index < -0.39 is 21.7 Å². The number of rotatable bonds is 8. The van der Waals surface area contributed by atoms with Gasteiger partial charge in [0.25, 0.3) is 0 Å². The number of aryl methyl sites for hydroxylation is 1. The molecule has 0 unspecified atom stereocenters. The van der Waals surface area contributed by atoms with E-state index in [1.165, 1.54) is 47.9 Å². The molecule has 0 bridgehead atoms. The molecule has 1 aliphatic heterocycles. The SMILES string of the molecule is Cc1noc(C=Cc2ccc(F)cc2F)c1S(=O)(=O)N1CCC(C(=O)NCCC2=CCCCC2)CC1. The lowest BCUT2D eigenvalue weighted by Gasteiger charge is -2.30. The number of aromatic nitrogens is 1. The van der Waals surface area contributed by atoms with Crippen molar-refractivity contribution in [2.24, 2.45) is 5.92 Å². The summed E-state index contributed by atoms with van der Waals surface area (Å²) in [7, 11) is -3.95. The number of nitrogens with zero attached hydrogens (tertiary/aromatic N) is 2. The van der Waals surface area contributed by atoms with E-state index in [0.29, 0.717) is 19.4 Å². The minimum Gasteiger partial charge on any atom is -0.356 e. The van der Waals surface area contributed by atoms with Crippen LogP contribution in [0.3, 0.4) is 0 Å². The zero-order chi connectivity index (χ0) is 25.7. The predicted octanol–water partition coefficient (Wildman–Crippen LogP) is 4.84. The fourth-order valence-electron chi connectivity index (χ4n) is 4.71. The van der Waals surface area contributed by atoms with E-state index >= 15 is 0 Å². The Balaban J connectivity index is 1.37. The van der Waals surface area contributed by atoms with Gasteiger partial charge in [-0.2, -0.15) is 4.31 Å². The number of sulfonamides is 1. The van der Waals surface area contributed by atoms with Crippen LogP contribution in [0.15, 0.2) is 39.3 Å². The molecule has 0 radical (unpaired) electrons. The standard InChI is InChI=1S/C26H31F2N3O4S/c1-18-25(24(35-30-18)10-8-20-7-9-22(27)17-23(20)28)36(33,34)31-15-12-21(13-16-31)26(32)29-14-11-19-5-3-2-4-6-19/h5,7-10,17,21H,2-4,6,11-16H2,1H3,(H,29,32). The van der Waals surface area contributed by atoms with Crippen LogP contribution in [0, 0.1) is 24.5 Å². The summed E-state index contributed by atoms with van der Waals surface area (Å²) in [6.45, 7) is 2.53. The Morgan fingerprint density at radius 2 is 2.00 bits per heavy atom. The second-order valence-corrected chi connectivity index (χ2v) is 11.2. The Morgan fingerprint density at radius 3 is 2.69 bits per heavy atom. The molecule has 1 aromatic heterocycles. The number of allylic oxidation sites excluding steroid dienone is 1. The summed E-state index contributed by atoms with van der Waals surface area (Å²) < 4.78 is 60.4. The molecule has 2 heterocycles. The third-order valence-corrected chi connectivity index (χ3v) is 8.82. The Bertz CT molecular complexity index is 1260. The molecule has 1 amide bonds. The number of piperidine rings is 1. The van der Waals surface area contributed by atoms with E-state index in [9.17, 15) is 22.0 Å². The molecule has 0 atom stereocenters. The van der Waals surface area contributed by atoms with Crippen molar-refractivity contribution in [1.82, 2.24) is 14.8 Å². The smallest absolute Gasteiger partial charge is 0.248 e. The molecule has 1 N–H and O–H groups in total. The highest BCUT2D eigenvalue weighted by Gasteiger charge is 2.35. The third kappa shape index (κ3) is 6.10. The van der Waals surface area contributed by atoms with Crippen LogP contribution in [0.25, 0.3) is 12.2 Å². The van der Waals surface area contributed by atoms with Gasteiger partial charge in [-0.3, -0.25) is 4.79 Å². The average molecular weight is 520 g/mol. The van der Waals surface area contributed by atoms with E-state index in [0.717, 1.165) is 31.4 Å². The van der Waals surface area contributed by atoms with Crippen molar-refractivity contribution < 1.29 is 26.5 Å². The number of nitrogens with one attached hydrogen (secondary N) is 1. The Hall–Kier alpha value is -2.85. The molecule has 2 aliphatic rings. The first-order valence-corrected chi connectivity index (χ1v) is 13.7. The summed E-state index contributed by atoms with van der Waals surface area (Å²) >= 11 is 0. The highest BCUT2D eigenvalue weighted by atomic mass is 32.2. The normalized spacial score (nSPS) is 17.9. The fraction of sp³-hybridized carbons (Fsp3) is 0.462. The zero-order valence-electron chi connectivity index (χ0n) is 20.3. The molecule has 1 aromatic carbocycles. The first-order valence-electron chi connectivity index (χ1n) is 12.3. The first kappa shape index (κ1) is 26.2. The highest BCUT2D eigenvalue weighted by molar-refractivity contribution is 7.89. The topological polar surface area (TPSA) is 92.5 Å². The summed E-state index contributed by atoms with van der Waals surface area (Å²) in [6, 6.07) is 3.11. The molecule has 1 saturated heterocycles. The van der Waals surface area contributed by atoms with Gasteiger partial charge in [-0.05, 0) is 76.2 Å². The number of halogens is 2. The van der Waals surface area contributed by atoms with E-state index in [-0.39, 0.29) is 46.8 Å². The summed E-state index contributed by atoms with van der Waals surface area (Å²) in [5.41, 5.74) is 1.67. The van der Waals surface area contributed by atoms with Crippen molar-refractivity contribution in [2.75, 3.05) is 19.6 Å². The molecule has 36 heavy (non-hydrogen) atoms. The maximum Gasteiger partial charge on any atom is 0.248 e. The minimum atomic E-state index is -3.95. The van der Waals surface area contributed by atoms with Gasteiger partial charge in [0.05, 0.1) is 0 Å². The summed E-state index contributed by atoms with van der Waals surface area (Å²) in [5, 5.41) is 6.79. The van der Waals surface area contributed by atoms with Crippen molar-refractivity contribution in [3.05, 3.63) is 58.5 Å². The van der Waals surface area contributed by atoms with Crippen LogP contribution < -0.4 is 5.32 Å². The maximum atomic E-state index is 14.0. The Morgan fingerprint density at radius 1 is 1.22 bits per heavy atom. The van der Waals surface area contributed by atoms with Crippen molar-refractivity contribution in [1.29, 1.82) is 0 Å². The van der Waals surface area contributed by atoms with Gasteiger partial charge in [-0.25, -0.2) is 17.2 Å². The average Bonchev–Trinajstić information content (AvgIpc) is 3.25. The fourth-order valence-corrected chi connectivity index (χ4v) is 6.43. The molecule has 0 spiro atoms. The molecular formula is C26H31F2N3O4S. The molecule has 1 fully saturated rings. The second-order valence-electron chi connectivity index (χ2n) is 9.29. The lowest BCUT2D eigenvalue weighted by Crippen LogP contribution is -2.43. The van der Waals surface area contributed by atoms with Crippen LogP contribution in [0.4, 0.5) is 8.78 Å². The highest BCUT2D eigenvalue weighted by Crippen LogP contribution is 2.29. The van der Waals surface area contributed by atoms with Crippen molar-refractivity contribution in [2.45, 2.75) is 56.8 Å². The lowest BCUT2D eigenvalue weighted by atomic mass is 9.96. The number of hydrogen-bond acceptors (Lipinski definition) is 5. The summed E-state index contributed by atoms with van der Waals surface area (Å²) in [5.74, 6) is -1.78. The number of amides is 1. The molecule has 7 nitrogen and oxygen atoms in total. The Kier molecular flexibility index (Phi) is 8.35. The van der Waals surface area contributed by atoms with Crippen LogP contribution in [0.5, 0.6) is 0 Å². The molecular weight excluding hydrogens is 488 g/mol. The van der Waals surface area contributed by atoms with E-state index in [1.807, 2.05) is 0 Å². The Labute approximate surface area is 210 Å². The molecule has 10 heteroatoms. The number of benzene rings is 1. The molecule has 0 saturated carbocycles. The first-order chi connectivity index (χ1) is 17.3. The van der Waals surface area contributed by atoms with E-state index in [2.05, 4.69) is 16.5 Å². The van der Waals surface area contributed by atoms with Gasteiger partial charge in [-0.15, -0.1) is 0 Å². The molecule has 2 aromatic rings. The maximum absolute atomic E-state index is 14.0. The van der Waals surface area contributed by atoms with Crippen molar-refractivity contribution in [3.8, 4) is 0 Å². The third-order valence-electron chi connectivity index (χ3n) is 6.76. The minimum absolute atomic E-state index is 0.0328. The monoisotopic (exact) mass is 519 g/mol. The van der Waals surface area contributed by atoms with Gasteiger partial charge in [0.2, 0.25) is 15.9 Å². The van der Waals surface area contributed by atoms with Crippen LogP contribution in [0.1, 0.15) is 62.0 Å². The quantitative estimate of drug-likeness (QED) is 0.504. The van der Waals surface area contributed by atoms with Crippen molar-refractivity contribution >= 4 is 28.1 Å². The van der Waals surface area contributed by atoms with Gasteiger partial charge < -0.3 is 9.84 Å². The largest absolute Gasteiger partial charge is 0.356 e. The summed E-state index contributed by atoms with van der Waals surface area (Å²) in [6.07, 6.45) is 11.3. The molecule has 194 valence electrons.